The van der Waals surface area contributed by atoms with Crippen LogP contribution in [0.15, 0.2) is 12.1 Å². The highest BCUT2D eigenvalue weighted by molar-refractivity contribution is 6.30. The zero-order chi connectivity index (χ0) is 10.0. The Kier molecular flexibility index (Phi) is 3.17. The van der Waals surface area contributed by atoms with E-state index in [2.05, 4.69) is 5.32 Å². The van der Waals surface area contributed by atoms with E-state index in [0.29, 0.717) is 10.8 Å². The summed E-state index contributed by atoms with van der Waals surface area (Å²) < 4.78 is 0. The third-order valence-electron chi connectivity index (χ3n) is 2.19. The van der Waals surface area contributed by atoms with E-state index in [4.69, 9.17) is 11.6 Å². The summed E-state index contributed by atoms with van der Waals surface area (Å²) in [5.41, 5.74) is 1.65. The average Bonchev–Trinajstić information content (AvgIpc) is 2.10. The summed E-state index contributed by atoms with van der Waals surface area (Å²) >= 11 is 5.88. The van der Waals surface area contributed by atoms with Crippen molar-refractivity contribution >= 4 is 11.6 Å². The largest absolute Gasteiger partial charge is 0.507 e. The van der Waals surface area contributed by atoms with Gasteiger partial charge in [-0.3, -0.25) is 0 Å². The summed E-state index contributed by atoms with van der Waals surface area (Å²) in [6.45, 7) is 3.82. The van der Waals surface area contributed by atoms with Crippen LogP contribution in [0.2, 0.25) is 5.02 Å². The molecule has 0 unspecified atom stereocenters. The minimum atomic E-state index is 0.109. The molecular formula is C10H14ClNO. The highest BCUT2D eigenvalue weighted by Crippen LogP contribution is 2.30. The summed E-state index contributed by atoms with van der Waals surface area (Å²) in [5, 5.41) is 13.4. The maximum absolute atomic E-state index is 9.72. The van der Waals surface area contributed by atoms with E-state index in [1.165, 1.54) is 0 Å². The Balaban J connectivity index is 3.20. The van der Waals surface area contributed by atoms with Crippen LogP contribution in [0.1, 0.15) is 24.1 Å². The van der Waals surface area contributed by atoms with Gasteiger partial charge in [0, 0.05) is 16.6 Å². The summed E-state index contributed by atoms with van der Waals surface area (Å²) in [5.74, 6) is 0.325. The fourth-order valence-corrected chi connectivity index (χ4v) is 1.53. The van der Waals surface area contributed by atoms with Gasteiger partial charge in [-0.05, 0) is 38.6 Å². The topological polar surface area (TPSA) is 32.3 Å². The summed E-state index contributed by atoms with van der Waals surface area (Å²) in [6.07, 6.45) is 0. The molecule has 2 N–H and O–H groups in total. The molecule has 0 radical (unpaired) electrons. The third kappa shape index (κ3) is 2.14. The van der Waals surface area contributed by atoms with Crippen molar-refractivity contribution in [2.75, 3.05) is 7.05 Å². The predicted molar refractivity (Wildman–Crippen MR) is 55.3 cm³/mol. The Morgan fingerprint density at radius 3 is 2.62 bits per heavy atom. The van der Waals surface area contributed by atoms with Crippen LogP contribution in [-0.4, -0.2) is 12.2 Å². The fourth-order valence-electron chi connectivity index (χ4n) is 1.25. The second-order valence-electron chi connectivity index (χ2n) is 3.17. The maximum Gasteiger partial charge on any atom is 0.123 e. The van der Waals surface area contributed by atoms with Gasteiger partial charge in [-0.25, -0.2) is 0 Å². The van der Waals surface area contributed by atoms with Gasteiger partial charge in [0.05, 0.1) is 0 Å². The van der Waals surface area contributed by atoms with E-state index in [0.717, 1.165) is 11.1 Å². The van der Waals surface area contributed by atoms with Crippen LogP contribution in [0.25, 0.3) is 0 Å². The van der Waals surface area contributed by atoms with Gasteiger partial charge in [-0.1, -0.05) is 11.6 Å². The number of nitrogens with one attached hydrogen (secondary N) is 1. The molecule has 0 aliphatic rings. The fraction of sp³-hybridized carbons (Fsp3) is 0.400. The van der Waals surface area contributed by atoms with E-state index in [1.54, 1.807) is 12.1 Å². The highest BCUT2D eigenvalue weighted by Gasteiger charge is 2.11. The van der Waals surface area contributed by atoms with E-state index in [1.807, 2.05) is 20.9 Å². The number of aromatic hydroxyl groups is 1. The predicted octanol–water partition coefficient (Wildman–Crippen LogP) is 2.63. The summed E-state index contributed by atoms with van der Waals surface area (Å²) in [7, 11) is 1.85. The monoisotopic (exact) mass is 199 g/mol. The van der Waals surface area contributed by atoms with Gasteiger partial charge in [0.2, 0.25) is 0 Å². The second kappa shape index (κ2) is 3.99. The lowest BCUT2D eigenvalue weighted by Crippen LogP contribution is -2.12. The third-order valence-corrected chi connectivity index (χ3v) is 2.41. The van der Waals surface area contributed by atoms with Gasteiger partial charge in [-0.15, -0.1) is 0 Å². The van der Waals surface area contributed by atoms with Crippen LogP contribution in [0.3, 0.4) is 0 Å². The molecule has 0 saturated carbocycles. The molecule has 0 aliphatic heterocycles. The van der Waals surface area contributed by atoms with Crippen LogP contribution in [0, 0.1) is 6.92 Å². The van der Waals surface area contributed by atoms with Crippen molar-refractivity contribution in [3.8, 4) is 5.75 Å². The molecule has 0 fully saturated rings. The first kappa shape index (κ1) is 10.4. The summed E-state index contributed by atoms with van der Waals surface area (Å²) in [4.78, 5) is 0. The molecule has 0 amide bonds. The molecule has 0 saturated heterocycles. The van der Waals surface area contributed by atoms with Crippen molar-refractivity contribution in [3.05, 3.63) is 28.3 Å². The molecule has 0 heterocycles. The van der Waals surface area contributed by atoms with Crippen molar-refractivity contribution in [2.45, 2.75) is 19.9 Å². The Morgan fingerprint density at radius 2 is 2.08 bits per heavy atom. The van der Waals surface area contributed by atoms with Crippen LogP contribution in [0.4, 0.5) is 0 Å². The molecule has 1 aromatic carbocycles. The first-order chi connectivity index (χ1) is 6.06. The van der Waals surface area contributed by atoms with Gasteiger partial charge in [0.15, 0.2) is 0 Å². The summed E-state index contributed by atoms with van der Waals surface area (Å²) in [6, 6.07) is 3.64. The Morgan fingerprint density at radius 1 is 1.46 bits per heavy atom. The van der Waals surface area contributed by atoms with Crippen molar-refractivity contribution < 1.29 is 5.11 Å². The molecule has 0 aliphatic carbocycles. The zero-order valence-electron chi connectivity index (χ0n) is 8.06. The SMILES string of the molecule is CN[C@H](C)c1cc(Cl)cc(C)c1O. The molecule has 1 aromatic rings. The van der Waals surface area contributed by atoms with Gasteiger partial charge in [-0.2, -0.15) is 0 Å². The first-order valence-corrected chi connectivity index (χ1v) is 4.60. The molecule has 72 valence electrons. The van der Waals surface area contributed by atoms with Crippen LogP contribution in [0.5, 0.6) is 5.75 Å². The molecule has 0 aromatic heterocycles. The molecule has 1 rings (SSSR count). The maximum atomic E-state index is 9.72. The second-order valence-corrected chi connectivity index (χ2v) is 3.61. The number of hydrogen-bond donors (Lipinski definition) is 2. The van der Waals surface area contributed by atoms with E-state index in [9.17, 15) is 5.11 Å². The molecule has 0 bridgehead atoms. The van der Waals surface area contributed by atoms with Crippen molar-refractivity contribution in [1.29, 1.82) is 0 Å². The lowest BCUT2D eigenvalue weighted by molar-refractivity contribution is 0.454. The number of rotatable bonds is 2. The Labute approximate surface area is 83.5 Å². The lowest BCUT2D eigenvalue weighted by atomic mass is 10.0. The number of aryl methyl sites for hydroxylation is 1. The molecule has 1 atom stereocenters. The number of phenolic OH excluding ortho intramolecular Hbond substituents is 1. The number of hydrogen-bond acceptors (Lipinski definition) is 2. The van der Waals surface area contributed by atoms with Crippen LogP contribution < -0.4 is 5.32 Å². The van der Waals surface area contributed by atoms with Gasteiger partial charge >= 0.3 is 0 Å². The minimum Gasteiger partial charge on any atom is -0.507 e. The molecular weight excluding hydrogens is 186 g/mol. The highest BCUT2D eigenvalue weighted by atomic mass is 35.5. The van der Waals surface area contributed by atoms with Gasteiger partial charge in [0.25, 0.3) is 0 Å². The zero-order valence-corrected chi connectivity index (χ0v) is 8.81. The normalized spacial score (nSPS) is 12.9. The Bertz CT molecular complexity index is 312. The minimum absolute atomic E-state index is 0.109. The van der Waals surface area contributed by atoms with Crippen LogP contribution in [-0.2, 0) is 0 Å². The van der Waals surface area contributed by atoms with Crippen LogP contribution >= 0.6 is 11.6 Å². The van der Waals surface area contributed by atoms with Crippen molar-refractivity contribution in [1.82, 2.24) is 5.32 Å². The van der Waals surface area contributed by atoms with Gasteiger partial charge < -0.3 is 10.4 Å². The first-order valence-electron chi connectivity index (χ1n) is 4.22. The molecule has 13 heavy (non-hydrogen) atoms. The Hall–Kier alpha value is -0.730. The van der Waals surface area contributed by atoms with E-state index in [-0.39, 0.29) is 6.04 Å². The molecule has 0 spiro atoms. The smallest absolute Gasteiger partial charge is 0.123 e. The lowest BCUT2D eigenvalue weighted by Gasteiger charge is -2.14. The van der Waals surface area contributed by atoms with E-state index >= 15 is 0 Å². The van der Waals surface area contributed by atoms with Gasteiger partial charge in [0.1, 0.15) is 5.75 Å². The number of phenols is 1. The van der Waals surface area contributed by atoms with Crippen molar-refractivity contribution in [3.63, 3.8) is 0 Å². The van der Waals surface area contributed by atoms with E-state index < -0.39 is 0 Å². The molecule has 2 nitrogen and oxygen atoms in total. The average molecular weight is 200 g/mol. The number of benzene rings is 1. The standard InChI is InChI=1S/C10H14ClNO/c1-6-4-8(11)5-9(10(6)13)7(2)12-3/h4-5,7,12-13H,1-3H3/t7-/m1/s1. The molecule has 3 heteroatoms. The quantitative estimate of drug-likeness (QED) is 0.768. The van der Waals surface area contributed by atoms with Crippen molar-refractivity contribution in [2.24, 2.45) is 0 Å². The number of halogens is 1.